The largest absolute Gasteiger partial charge is 1.00 e. The summed E-state index contributed by atoms with van der Waals surface area (Å²) < 4.78 is 0. The van der Waals surface area contributed by atoms with E-state index in [0.717, 1.165) is 0 Å². The van der Waals surface area contributed by atoms with E-state index in [4.69, 9.17) is 0 Å². The maximum Gasteiger partial charge on any atom is 1.00 e. The molecule has 120 valence electrons. The van der Waals surface area contributed by atoms with Crippen LogP contribution in [-0.4, -0.2) is 0 Å². The molecule has 0 radical (unpaired) electrons. The molecule has 0 amide bonds. The molecule has 4 rings (SSSR count). The summed E-state index contributed by atoms with van der Waals surface area (Å²) >= 11 is 0. The van der Waals surface area contributed by atoms with Gasteiger partial charge in [0.2, 0.25) is 0 Å². The average Bonchev–Trinajstić information content (AvgIpc) is 2.72. The molecule has 26 heavy (non-hydrogen) atoms. The Morgan fingerprint density at radius 1 is 0.423 bits per heavy atom. The van der Waals surface area contributed by atoms with E-state index in [-0.39, 0.29) is 24.3 Å². The van der Waals surface area contributed by atoms with Gasteiger partial charge in [-0.2, -0.15) is 30.3 Å². The predicted molar refractivity (Wildman–Crippen MR) is 104 cm³/mol. The van der Waals surface area contributed by atoms with Gasteiger partial charge >= 0.3 is 18.9 Å². The van der Waals surface area contributed by atoms with Gasteiger partial charge in [0.1, 0.15) is 0 Å². The molecule has 1 heteroatoms. The summed E-state index contributed by atoms with van der Waals surface area (Å²) in [6.45, 7) is 0. The zero-order valence-corrected chi connectivity index (χ0v) is 15.0. The third-order valence-electron chi connectivity index (χ3n) is 4.77. The smallest absolute Gasteiger partial charge is 0.184 e. The summed E-state index contributed by atoms with van der Waals surface area (Å²) in [6, 6.07) is 43.7. The van der Waals surface area contributed by atoms with Gasteiger partial charge in [0.25, 0.3) is 0 Å². The molecule has 0 unspecified atom stereocenters. The fraction of sp³-hybridized carbons (Fsp3) is 0.0400. The first-order chi connectivity index (χ1) is 12.4. The average molecular weight is 326 g/mol. The third-order valence-corrected chi connectivity index (χ3v) is 4.77. The van der Waals surface area contributed by atoms with E-state index in [1.165, 1.54) is 22.3 Å². The monoisotopic (exact) mass is 326 g/mol. The van der Waals surface area contributed by atoms with Crippen molar-refractivity contribution >= 4 is 0 Å². The second kappa shape index (κ2) is 8.24. The Kier molecular flexibility index (Phi) is 5.79. The molecule has 4 aromatic carbocycles. The van der Waals surface area contributed by atoms with Crippen molar-refractivity contribution in [2.24, 2.45) is 0 Å². The fourth-order valence-electron chi connectivity index (χ4n) is 3.70. The minimum Gasteiger partial charge on any atom is -0.184 e. The van der Waals surface area contributed by atoms with Crippen LogP contribution in [0.5, 0.6) is 0 Å². The molecule has 0 saturated heterocycles. The molecule has 0 nitrogen and oxygen atoms in total. The van der Waals surface area contributed by atoms with Crippen LogP contribution in [0.4, 0.5) is 0 Å². The quantitative estimate of drug-likeness (QED) is 0.307. The summed E-state index contributed by atoms with van der Waals surface area (Å²) in [5.41, 5.74) is 4.68. The fourth-order valence-corrected chi connectivity index (χ4v) is 3.70. The summed E-state index contributed by atoms with van der Waals surface area (Å²) in [4.78, 5) is 0. The number of benzene rings is 4. The first kappa shape index (κ1) is 18.3. The number of rotatable bonds is 4. The van der Waals surface area contributed by atoms with Crippen LogP contribution in [0.1, 0.15) is 22.3 Å². The summed E-state index contributed by atoms with van der Waals surface area (Å²) in [6.07, 6.45) is 0. The molecule has 0 N–H and O–H groups in total. The van der Waals surface area contributed by atoms with Crippen molar-refractivity contribution in [3.05, 3.63) is 144 Å². The zero-order chi connectivity index (χ0) is 17.0. The second-order valence-corrected chi connectivity index (χ2v) is 6.14. The van der Waals surface area contributed by atoms with Crippen LogP contribution in [0.3, 0.4) is 0 Å². The summed E-state index contributed by atoms with van der Waals surface area (Å²) in [5, 5.41) is 0. The molecule has 0 fully saturated rings. The molecule has 0 heterocycles. The van der Waals surface area contributed by atoms with Gasteiger partial charge in [-0.15, -0.1) is 5.56 Å². The Balaban J connectivity index is 0.00000196. The van der Waals surface area contributed by atoms with Crippen molar-refractivity contribution < 1.29 is 18.9 Å². The molecular weight excluding hydrogens is 307 g/mol. The molecule has 0 aliphatic carbocycles. The van der Waals surface area contributed by atoms with Gasteiger partial charge in [-0.05, 0) is 16.7 Å². The van der Waals surface area contributed by atoms with Crippen molar-refractivity contribution in [1.82, 2.24) is 0 Å². The first-order valence-electron chi connectivity index (χ1n) is 8.55. The molecule has 0 spiro atoms. The van der Waals surface area contributed by atoms with Crippen LogP contribution in [0.2, 0.25) is 0 Å². The maximum absolute atomic E-state index is 3.16. The number of hydrogen-bond acceptors (Lipinski definition) is 0. The van der Waals surface area contributed by atoms with E-state index in [1.807, 2.05) is 12.1 Å². The van der Waals surface area contributed by atoms with Crippen LogP contribution in [0.15, 0.2) is 115 Å². The molecular formula is C25H19Li. The minimum atomic E-state index is -0.348. The normalized spacial score (nSPS) is 10.8. The number of hydrogen-bond donors (Lipinski definition) is 0. The Hall–Kier alpha value is -2.52. The van der Waals surface area contributed by atoms with Gasteiger partial charge in [-0.25, -0.2) is 0 Å². The van der Waals surface area contributed by atoms with Crippen LogP contribution in [0.25, 0.3) is 0 Å². The van der Waals surface area contributed by atoms with Crippen LogP contribution in [0, 0.1) is 6.07 Å². The van der Waals surface area contributed by atoms with Gasteiger partial charge in [0.15, 0.2) is 0 Å². The minimum absolute atomic E-state index is 0. The van der Waals surface area contributed by atoms with E-state index in [1.54, 1.807) is 0 Å². The molecule has 0 aliphatic rings. The summed E-state index contributed by atoms with van der Waals surface area (Å²) in [7, 11) is 0. The van der Waals surface area contributed by atoms with Crippen molar-refractivity contribution in [3.63, 3.8) is 0 Å². The Morgan fingerprint density at radius 2 is 0.731 bits per heavy atom. The third kappa shape index (κ3) is 3.15. The van der Waals surface area contributed by atoms with Crippen LogP contribution in [-0.2, 0) is 5.41 Å². The Bertz CT molecular complexity index is 753. The van der Waals surface area contributed by atoms with Crippen LogP contribution < -0.4 is 18.9 Å². The SMILES string of the molecule is [Li+].[c-]1ccc(C(c2ccccc2)(c2ccccc2)c2ccccc2)cc1. The van der Waals surface area contributed by atoms with Crippen molar-refractivity contribution in [3.8, 4) is 0 Å². The van der Waals surface area contributed by atoms with Crippen molar-refractivity contribution in [2.75, 3.05) is 0 Å². The van der Waals surface area contributed by atoms with E-state index < -0.39 is 0 Å². The van der Waals surface area contributed by atoms with Crippen molar-refractivity contribution in [1.29, 1.82) is 0 Å². The van der Waals surface area contributed by atoms with E-state index in [2.05, 4.69) is 109 Å². The van der Waals surface area contributed by atoms with E-state index >= 15 is 0 Å². The standard InChI is InChI=1S/C25H19.Li/c1-5-13-21(14-6-1)25(22-15-7-2-8-16-22,23-17-9-3-10-18-23)24-19-11-4-12-20-24;/h1-3,5-20H;/q-1;+1. The second-order valence-electron chi connectivity index (χ2n) is 6.14. The van der Waals surface area contributed by atoms with Crippen LogP contribution >= 0.6 is 0 Å². The Morgan fingerprint density at radius 3 is 1.08 bits per heavy atom. The van der Waals surface area contributed by atoms with Gasteiger partial charge < -0.3 is 0 Å². The topological polar surface area (TPSA) is 0 Å². The molecule has 4 aromatic rings. The predicted octanol–water partition coefficient (Wildman–Crippen LogP) is 2.87. The molecule has 0 saturated carbocycles. The molecule has 0 aliphatic heterocycles. The van der Waals surface area contributed by atoms with Gasteiger partial charge in [0.05, 0.1) is 0 Å². The first-order valence-corrected chi connectivity index (χ1v) is 8.55. The van der Waals surface area contributed by atoms with E-state index in [9.17, 15) is 0 Å². The Labute approximate surface area is 167 Å². The molecule has 0 bridgehead atoms. The zero-order valence-electron chi connectivity index (χ0n) is 15.0. The van der Waals surface area contributed by atoms with E-state index in [0.29, 0.717) is 0 Å². The molecule has 0 atom stereocenters. The van der Waals surface area contributed by atoms with Gasteiger partial charge in [-0.1, -0.05) is 91.0 Å². The summed E-state index contributed by atoms with van der Waals surface area (Å²) in [5.74, 6) is 0. The van der Waals surface area contributed by atoms with Crippen molar-refractivity contribution in [2.45, 2.75) is 5.41 Å². The van der Waals surface area contributed by atoms with Gasteiger partial charge in [-0.3, -0.25) is 0 Å². The molecule has 0 aromatic heterocycles. The maximum atomic E-state index is 3.16. The van der Waals surface area contributed by atoms with Gasteiger partial charge in [0, 0.05) is 5.41 Å².